The maximum absolute atomic E-state index is 13.4. The molecular weight excluding hydrogens is 414 g/mol. The quantitative estimate of drug-likeness (QED) is 0.437. The van der Waals surface area contributed by atoms with E-state index in [1.54, 1.807) is 25.7 Å². The monoisotopic (exact) mass is 445 g/mol. The first-order chi connectivity index (χ1) is 15.1. The Labute approximate surface area is 187 Å². The van der Waals surface area contributed by atoms with Crippen molar-refractivity contribution in [3.05, 3.63) is 52.8 Å². The van der Waals surface area contributed by atoms with Crippen LogP contribution in [0.2, 0.25) is 0 Å². The van der Waals surface area contributed by atoms with Crippen molar-refractivity contribution in [2.45, 2.75) is 65.1 Å². The summed E-state index contributed by atoms with van der Waals surface area (Å²) in [6.45, 7) is 7.98. The maximum Gasteiger partial charge on any atom is 0.434 e. The first-order valence-corrected chi connectivity index (χ1v) is 10.6. The van der Waals surface area contributed by atoms with Gasteiger partial charge in [-0.05, 0) is 57.1 Å². The minimum Gasteiger partial charge on any atom is -0.444 e. The molecule has 0 saturated carbocycles. The van der Waals surface area contributed by atoms with E-state index >= 15 is 0 Å². The Morgan fingerprint density at radius 2 is 1.97 bits per heavy atom. The van der Waals surface area contributed by atoms with Crippen LogP contribution in [0.4, 0.5) is 16.4 Å². The molecule has 0 spiro atoms. The van der Waals surface area contributed by atoms with Gasteiger partial charge in [-0.2, -0.15) is 0 Å². The molecule has 0 aliphatic heterocycles. The largest absolute Gasteiger partial charge is 0.444 e. The second kappa shape index (κ2) is 11.3. The summed E-state index contributed by atoms with van der Waals surface area (Å²) < 4.78 is 6.75. The minimum atomic E-state index is -0.848. The summed E-state index contributed by atoms with van der Waals surface area (Å²) in [4.78, 5) is 41.7. The number of ether oxygens (including phenoxy) is 1. The number of carbonyl (C=O) groups is 2. The lowest BCUT2D eigenvalue weighted by Crippen LogP contribution is -2.50. The zero-order chi connectivity index (χ0) is 23.7. The highest BCUT2D eigenvalue weighted by molar-refractivity contribution is 5.98. The van der Waals surface area contributed by atoms with Crippen LogP contribution in [0.5, 0.6) is 0 Å². The Morgan fingerprint density at radius 1 is 1.28 bits per heavy atom. The Kier molecular flexibility index (Phi) is 8.74. The third-order valence-corrected chi connectivity index (χ3v) is 4.52. The van der Waals surface area contributed by atoms with Crippen molar-refractivity contribution >= 4 is 23.6 Å². The summed E-state index contributed by atoms with van der Waals surface area (Å²) in [6, 6.07) is 8.39. The summed E-state index contributed by atoms with van der Waals surface area (Å²) in [6.07, 6.45) is 3.62. The second-order valence-electron chi connectivity index (χ2n) is 8.34. The normalized spacial score (nSPS) is 12.1. The zero-order valence-corrected chi connectivity index (χ0v) is 19.0. The molecule has 32 heavy (non-hydrogen) atoms. The number of nitrogens with one attached hydrogen (secondary N) is 1. The van der Waals surface area contributed by atoms with Crippen LogP contribution in [-0.4, -0.2) is 44.7 Å². The van der Waals surface area contributed by atoms with Crippen LogP contribution in [0.1, 0.15) is 47.0 Å². The highest BCUT2D eigenvalue weighted by Gasteiger charge is 2.29. The fraction of sp³-hybridized carbons (Fsp3) is 0.500. The van der Waals surface area contributed by atoms with Gasteiger partial charge in [-0.15, -0.1) is 0 Å². The molecule has 1 aromatic heterocycles. The predicted octanol–water partition coefficient (Wildman–Crippen LogP) is 3.91. The molecule has 1 heterocycles. The number of rotatable bonds is 10. The van der Waals surface area contributed by atoms with Gasteiger partial charge in [0.2, 0.25) is 5.91 Å². The number of aromatic nitrogens is 2. The number of aryl methyl sites for hydroxylation is 1. The summed E-state index contributed by atoms with van der Waals surface area (Å²) in [5, 5.41) is 13.8. The number of carbonyl (C=O) groups excluding carboxylic acids is 2. The van der Waals surface area contributed by atoms with Crippen LogP contribution in [0.25, 0.3) is 0 Å². The number of benzene rings is 1. The Hall–Kier alpha value is -3.43. The zero-order valence-electron chi connectivity index (χ0n) is 19.0. The van der Waals surface area contributed by atoms with Gasteiger partial charge in [0.1, 0.15) is 24.0 Å². The molecule has 174 valence electrons. The maximum atomic E-state index is 13.4. The fourth-order valence-corrected chi connectivity index (χ4v) is 3.21. The lowest BCUT2D eigenvalue weighted by Gasteiger charge is -2.29. The highest BCUT2D eigenvalue weighted by atomic mass is 16.6. The number of para-hydroxylation sites is 1. The molecule has 2 aromatic rings. The minimum absolute atomic E-state index is 0.259. The first-order valence-electron chi connectivity index (χ1n) is 10.6. The topological polar surface area (TPSA) is 120 Å². The third-order valence-electron chi connectivity index (χ3n) is 4.52. The number of amides is 2. The van der Waals surface area contributed by atoms with Crippen molar-refractivity contribution in [2.24, 2.45) is 0 Å². The van der Waals surface area contributed by atoms with E-state index in [-0.39, 0.29) is 24.8 Å². The molecule has 1 atom stereocenters. The Bertz CT molecular complexity index is 907. The summed E-state index contributed by atoms with van der Waals surface area (Å²) in [7, 11) is 0. The summed E-state index contributed by atoms with van der Waals surface area (Å²) in [5.41, 5.74) is 0.0260. The molecular formula is C22H31N5O5. The van der Waals surface area contributed by atoms with Gasteiger partial charge in [0.25, 0.3) is 0 Å². The van der Waals surface area contributed by atoms with Crippen LogP contribution in [0.15, 0.2) is 42.7 Å². The number of hydrogen-bond acceptors (Lipinski definition) is 6. The molecule has 1 aromatic carbocycles. The lowest BCUT2D eigenvalue weighted by atomic mass is 10.1. The molecule has 0 fully saturated rings. The number of hydrogen-bond donors (Lipinski definition) is 1. The Balaban J connectivity index is 2.18. The molecule has 0 bridgehead atoms. The second-order valence-corrected chi connectivity index (χ2v) is 8.34. The number of nitrogens with zero attached hydrogens (tertiary/aromatic N) is 4. The molecule has 10 heteroatoms. The number of alkyl carbamates (subject to hydrolysis) is 1. The molecule has 1 N–H and O–H groups in total. The molecule has 0 radical (unpaired) electrons. The summed E-state index contributed by atoms with van der Waals surface area (Å²) in [5.74, 6) is -0.520. The molecule has 0 saturated heterocycles. The number of imidazole rings is 1. The first kappa shape index (κ1) is 24.8. The lowest BCUT2D eigenvalue weighted by molar-refractivity contribution is -0.396. The van der Waals surface area contributed by atoms with Crippen molar-refractivity contribution < 1.29 is 19.2 Å². The van der Waals surface area contributed by atoms with Crippen LogP contribution >= 0.6 is 0 Å². The summed E-state index contributed by atoms with van der Waals surface area (Å²) >= 11 is 0. The van der Waals surface area contributed by atoms with Gasteiger partial charge in [0.05, 0.1) is 6.54 Å². The fourth-order valence-electron chi connectivity index (χ4n) is 3.21. The van der Waals surface area contributed by atoms with Gasteiger partial charge in [0, 0.05) is 12.2 Å². The van der Waals surface area contributed by atoms with Gasteiger partial charge >= 0.3 is 12.0 Å². The van der Waals surface area contributed by atoms with E-state index in [1.165, 1.54) is 17.0 Å². The van der Waals surface area contributed by atoms with Crippen LogP contribution in [0.3, 0.4) is 0 Å². The van der Waals surface area contributed by atoms with E-state index in [4.69, 9.17) is 4.74 Å². The van der Waals surface area contributed by atoms with E-state index < -0.39 is 22.7 Å². The number of nitro groups is 1. The van der Waals surface area contributed by atoms with Gasteiger partial charge in [-0.3, -0.25) is 4.79 Å². The van der Waals surface area contributed by atoms with E-state index in [0.717, 1.165) is 12.1 Å². The van der Waals surface area contributed by atoms with Gasteiger partial charge in [0.15, 0.2) is 0 Å². The van der Waals surface area contributed by atoms with Crippen LogP contribution < -0.4 is 10.2 Å². The van der Waals surface area contributed by atoms with Crippen molar-refractivity contribution in [3.63, 3.8) is 0 Å². The molecule has 0 aliphatic rings. The van der Waals surface area contributed by atoms with E-state index in [9.17, 15) is 19.7 Å². The van der Waals surface area contributed by atoms with Gasteiger partial charge in [-0.25, -0.2) is 9.36 Å². The van der Waals surface area contributed by atoms with Crippen LogP contribution in [-0.2, 0) is 16.1 Å². The molecule has 2 rings (SSSR count). The Morgan fingerprint density at radius 3 is 2.56 bits per heavy atom. The van der Waals surface area contributed by atoms with Crippen molar-refractivity contribution in [1.82, 2.24) is 14.9 Å². The third kappa shape index (κ3) is 7.36. The van der Waals surface area contributed by atoms with Crippen molar-refractivity contribution in [3.8, 4) is 0 Å². The average Bonchev–Trinajstić information content (AvgIpc) is 3.19. The highest BCUT2D eigenvalue weighted by Crippen LogP contribution is 2.18. The smallest absolute Gasteiger partial charge is 0.434 e. The van der Waals surface area contributed by atoms with Crippen molar-refractivity contribution in [2.75, 3.05) is 11.4 Å². The van der Waals surface area contributed by atoms with E-state index in [1.807, 2.05) is 37.3 Å². The predicted molar refractivity (Wildman–Crippen MR) is 120 cm³/mol. The van der Waals surface area contributed by atoms with E-state index in [0.29, 0.717) is 13.0 Å². The molecule has 1 unspecified atom stereocenters. The van der Waals surface area contributed by atoms with E-state index in [2.05, 4.69) is 10.3 Å². The van der Waals surface area contributed by atoms with Crippen molar-refractivity contribution in [1.29, 1.82) is 0 Å². The average molecular weight is 446 g/mol. The van der Waals surface area contributed by atoms with Gasteiger partial charge in [-0.1, -0.05) is 30.1 Å². The number of anilines is 1. The van der Waals surface area contributed by atoms with Crippen LogP contribution in [0, 0.1) is 10.1 Å². The molecule has 10 nitrogen and oxygen atoms in total. The SMILES string of the molecule is CCCN(C(=O)C(CCCn1ccnc1[N+](=O)[O-])NC(=O)OC(C)(C)C)c1ccccc1. The molecule has 0 aliphatic carbocycles. The molecule has 2 amide bonds. The van der Waals surface area contributed by atoms with Gasteiger partial charge < -0.3 is 25.1 Å². The standard InChI is InChI=1S/C22H31N5O5/c1-5-14-26(17-10-7-6-8-11-17)19(28)18(24-21(29)32-22(2,3)4)12-9-15-25-16-13-23-20(25)27(30)31/h6-8,10-11,13,16,18H,5,9,12,14-15H2,1-4H3,(H,24,29).